The van der Waals surface area contributed by atoms with Crippen molar-refractivity contribution in [3.63, 3.8) is 0 Å². The van der Waals surface area contributed by atoms with Crippen molar-refractivity contribution in [3.05, 3.63) is 71.0 Å². The van der Waals surface area contributed by atoms with Crippen LogP contribution < -0.4 is 11.1 Å². The second kappa shape index (κ2) is 8.06. The second-order valence-corrected chi connectivity index (χ2v) is 6.45. The molecule has 0 bridgehead atoms. The Morgan fingerprint density at radius 3 is 2.25 bits per heavy atom. The minimum atomic E-state index is -0.420. The van der Waals surface area contributed by atoms with Crippen molar-refractivity contribution in [1.29, 1.82) is 0 Å². The van der Waals surface area contributed by atoms with Gasteiger partial charge in [-0.25, -0.2) is 4.39 Å². The highest BCUT2D eigenvalue weighted by Gasteiger charge is 2.17. The maximum Gasteiger partial charge on any atom is 0.227 e. The summed E-state index contributed by atoms with van der Waals surface area (Å²) >= 11 is 0. The van der Waals surface area contributed by atoms with Gasteiger partial charge in [-0.1, -0.05) is 50.2 Å². The lowest BCUT2D eigenvalue weighted by molar-refractivity contribution is -0.122. The lowest BCUT2D eigenvalue weighted by Crippen LogP contribution is -2.34. The predicted octanol–water partition coefficient (Wildman–Crippen LogP) is 3.87. The maximum absolute atomic E-state index is 13.3. The zero-order valence-electron chi connectivity index (χ0n) is 14.4. The Labute approximate surface area is 143 Å². The molecule has 0 saturated heterocycles. The molecule has 24 heavy (non-hydrogen) atoms. The number of halogens is 1. The van der Waals surface area contributed by atoms with Gasteiger partial charge in [-0.15, -0.1) is 0 Å². The molecule has 0 spiro atoms. The van der Waals surface area contributed by atoms with Crippen LogP contribution in [-0.4, -0.2) is 12.5 Å². The van der Waals surface area contributed by atoms with E-state index in [0.29, 0.717) is 18.0 Å². The molecule has 0 aliphatic carbocycles. The lowest BCUT2D eigenvalue weighted by atomic mass is 9.98. The van der Waals surface area contributed by atoms with Crippen molar-refractivity contribution >= 4 is 5.91 Å². The third kappa shape index (κ3) is 4.65. The second-order valence-electron chi connectivity index (χ2n) is 6.45. The number of hydrogen-bond acceptors (Lipinski definition) is 2. The van der Waals surface area contributed by atoms with E-state index in [-0.39, 0.29) is 17.8 Å². The SMILES string of the molecule is CC(C)c1ccc(C(N)CNC(=O)C(C)c2cccc(F)c2)cc1. The standard InChI is InChI=1S/C20H25FN2O/c1-13(2)15-7-9-16(10-8-15)19(22)12-23-20(24)14(3)17-5-4-6-18(21)11-17/h4-11,13-14,19H,12,22H2,1-3H3,(H,23,24). The molecule has 2 aromatic carbocycles. The van der Waals surface area contributed by atoms with Gasteiger partial charge >= 0.3 is 0 Å². The molecule has 4 heteroatoms. The number of nitrogens with one attached hydrogen (secondary N) is 1. The van der Waals surface area contributed by atoms with E-state index in [4.69, 9.17) is 5.73 Å². The molecule has 0 aliphatic rings. The van der Waals surface area contributed by atoms with Crippen LogP contribution in [0.1, 0.15) is 55.3 Å². The summed E-state index contributed by atoms with van der Waals surface area (Å²) in [5.74, 6) is -0.442. The van der Waals surface area contributed by atoms with Crippen molar-refractivity contribution in [2.45, 2.75) is 38.6 Å². The van der Waals surface area contributed by atoms with Crippen molar-refractivity contribution in [3.8, 4) is 0 Å². The first-order chi connectivity index (χ1) is 11.4. The Bertz CT molecular complexity index is 682. The molecule has 2 rings (SSSR count). The molecule has 3 nitrogen and oxygen atoms in total. The van der Waals surface area contributed by atoms with Crippen LogP contribution in [0.25, 0.3) is 0 Å². The summed E-state index contributed by atoms with van der Waals surface area (Å²) in [6.07, 6.45) is 0. The molecule has 2 atom stereocenters. The normalized spacial score (nSPS) is 13.6. The average Bonchev–Trinajstić information content (AvgIpc) is 2.58. The van der Waals surface area contributed by atoms with Gasteiger partial charge in [-0.3, -0.25) is 4.79 Å². The number of benzene rings is 2. The van der Waals surface area contributed by atoms with Crippen molar-refractivity contribution in [2.24, 2.45) is 5.73 Å². The minimum absolute atomic E-state index is 0.158. The van der Waals surface area contributed by atoms with Gasteiger partial charge in [0, 0.05) is 12.6 Å². The van der Waals surface area contributed by atoms with E-state index >= 15 is 0 Å². The van der Waals surface area contributed by atoms with Crippen LogP contribution in [0, 0.1) is 5.82 Å². The molecule has 3 N–H and O–H groups in total. The van der Waals surface area contributed by atoms with Gasteiger partial charge in [-0.2, -0.15) is 0 Å². The predicted molar refractivity (Wildman–Crippen MR) is 95.3 cm³/mol. The van der Waals surface area contributed by atoms with Gasteiger partial charge in [0.25, 0.3) is 0 Å². The Hall–Kier alpha value is -2.20. The molecular weight excluding hydrogens is 303 g/mol. The third-order valence-electron chi connectivity index (χ3n) is 4.27. The number of nitrogens with two attached hydrogens (primary N) is 1. The fourth-order valence-corrected chi connectivity index (χ4v) is 2.54. The molecule has 128 valence electrons. The molecule has 0 heterocycles. The summed E-state index contributed by atoms with van der Waals surface area (Å²) < 4.78 is 13.3. The topological polar surface area (TPSA) is 55.1 Å². The van der Waals surface area contributed by atoms with Crippen molar-refractivity contribution < 1.29 is 9.18 Å². The molecule has 0 radical (unpaired) electrons. The Morgan fingerprint density at radius 2 is 1.67 bits per heavy atom. The highest BCUT2D eigenvalue weighted by Crippen LogP contribution is 2.19. The smallest absolute Gasteiger partial charge is 0.227 e. The van der Waals surface area contributed by atoms with Gasteiger partial charge in [0.15, 0.2) is 0 Å². The first-order valence-electron chi connectivity index (χ1n) is 8.27. The summed E-state index contributed by atoms with van der Waals surface area (Å²) in [5.41, 5.74) is 9.06. The van der Waals surface area contributed by atoms with E-state index in [1.165, 1.54) is 17.7 Å². The molecule has 0 fully saturated rings. The number of rotatable bonds is 6. The van der Waals surface area contributed by atoms with E-state index in [2.05, 4.69) is 31.3 Å². The molecule has 2 aromatic rings. The summed E-state index contributed by atoms with van der Waals surface area (Å²) in [4.78, 5) is 12.2. The van der Waals surface area contributed by atoms with Crippen LogP contribution in [0.2, 0.25) is 0 Å². The van der Waals surface area contributed by atoms with E-state index in [9.17, 15) is 9.18 Å². The van der Waals surface area contributed by atoms with Crippen LogP contribution in [0.3, 0.4) is 0 Å². The molecule has 1 amide bonds. The van der Waals surface area contributed by atoms with Crippen LogP contribution in [0.15, 0.2) is 48.5 Å². The Morgan fingerprint density at radius 1 is 1.04 bits per heavy atom. The quantitative estimate of drug-likeness (QED) is 0.846. The summed E-state index contributed by atoms with van der Waals surface area (Å²) in [6.45, 7) is 6.39. The van der Waals surface area contributed by atoms with Crippen molar-refractivity contribution in [1.82, 2.24) is 5.32 Å². The summed E-state index contributed by atoms with van der Waals surface area (Å²) in [7, 11) is 0. The van der Waals surface area contributed by atoms with Gasteiger partial charge in [-0.05, 0) is 41.7 Å². The van der Waals surface area contributed by atoms with E-state index in [0.717, 1.165) is 5.56 Å². The van der Waals surface area contributed by atoms with E-state index in [1.807, 2.05) is 12.1 Å². The van der Waals surface area contributed by atoms with Gasteiger partial charge in [0.1, 0.15) is 5.82 Å². The van der Waals surface area contributed by atoms with Crippen molar-refractivity contribution in [2.75, 3.05) is 6.54 Å². The number of carbonyl (C=O) groups is 1. The molecular formula is C20H25FN2O. The molecule has 2 unspecified atom stereocenters. The first kappa shape index (κ1) is 18.1. The van der Waals surface area contributed by atoms with Gasteiger partial charge < -0.3 is 11.1 Å². The number of carbonyl (C=O) groups excluding carboxylic acids is 1. The Kier molecular flexibility index (Phi) is 6.10. The van der Waals surface area contributed by atoms with Crippen LogP contribution in [0.5, 0.6) is 0 Å². The minimum Gasteiger partial charge on any atom is -0.354 e. The molecule has 0 aliphatic heterocycles. The van der Waals surface area contributed by atoms with Crippen LogP contribution in [0.4, 0.5) is 4.39 Å². The summed E-state index contributed by atoms with van der Waals surface area (Å²) in [5, 5.41) is 2.85. The highest BCUT2D eigenvalue weighted by molar-refractivity contribution is 5.83. The van der Waals surface area contributed by atoms with Crippen LogP contribution in [-0.2, 0) is 4.79 Å². The number of amides is 1. The monoisotopic (exact) mass is 328 g/mol. The Balaban J connectivity index is 1.93. The van der Waals surface area contributed by atoms with E-state index < -0.39 is 5.92 Å². The van der Waals surface area contributed by atoms with Gasteiger partial charge in [0.2, 0.25) is 5.91 Å². The highest BCUT2D eigenvalue weighted by atomic mass is 19.1. The van der Waals surface area contributed by atoms with E-state index in [1.54, 1.807) is 19.1 Å². The zero-order valence-corrected chi connectivity index (χ0v) is 14.4. The molecule has 0 saturated carbocycles. The zero-order chi connectivity index (χ0) is 17.7. The van der Waals surface area contributed by atoms with Crippen LogP contribution >= 0.6 is 0 Å². The fraction of sp³-hybridized carbons (Fsp3) is 0.350. The summed E-state index contributed by atoms with van der Waals surface area (Å²) in [6, 6.07) is 14.0. The largest absolute Gasteiger partial charge is 0.354 e. The fourth-order valence-electron chi connectivity index (χ4n) is 2.54. The average molecular weight is 328 g/mol. The third-order valence-corrected chi connectivity index (χ3v) is 4.27. The number of hydrogen-bond donors (Lipinski definition) is 2. The maximum atomic E-state index is 13.3. The van der Waals surface area contributed by atoms with Gasteiger partial charge in [0.05, 0.1) is 5.92 Å². The molecule has 0 aromatic heterocycles. The lowest BCUT2D eigenvalue weighted by Gasteiger charge is -2.17. The first-order valence-corrected chi connectivity index (χ1v) is 8.27.